The van der Waals surface area contributed by atoms with Gasteiger partial charge in [-0.05, 0) is 49.2 Å². The highest BCUT2D eigenvalue weighted by Gasteiger charge is 2.51. The third kappa shape index (κ3) is 3.96. The SMILES string of the molecule is CCOC(C(=O)OC1(CC)C(=O)OCc2c1cc1n(c2=O)Cc2cc3ccccc3nc2-1)c1ccc(OC)cc1. The smallest absolute Gasteiger partial charge is 0.355 e. The van der Waals surface area contributed by atoms with Gasteiger partial charge in [-0.25, -0.2) is 14.6 Å². The molecule has 0 saturated heterocycles. The van der Waals surface area contributed by atoms with E-state index in [1.54, 1.807) is 55.9 Å². The van der Waals surface area contributed by atoms with E-state index in [0.717, 1.165) is 16.5 Å². The number of benzene rings is 2. The number of carbonyl (C=O) groups excluding carboxylic acids is 2. The van der Waals surface area contributed by atoms with Crippen molar-refractivity contribution in [1.29, 1.82) is 0 Å². The number of para-hydroxylation sites is 1. The lowest BCUT2D eigenvalue weighted by molar-refractivity contribution is -0.196. The number of esters is 2. The number of hydrogen-bond acceptors (Lipinski definition) is 8. The van der Waals surface area contributed by atoms with Crippen LogP contribution in [0.25, 0.3) is 22.3 Å². The molecule has 0 fully saturated rings. The van der Waals surface area contributed by atoms with Gasteiger partial charge in [0.15, 0.2) is 6.10 Å². The molecule has 2 atom stereocenters. The van der Waals surface area contributed by atoms with Crippen LogP contribution in [0.3, 0.4) is 0 Å². The van der Waals surface area contributed by atoms with E-state index in [2.05, 4.69) is 0 Å². The number of aromatic nitrogens is 2. The first-order chi connectivity index (χ1) is 19.4. The van der Waals surface area contributed by atoms with Crippen molar-refractivity contribution in [3.8, 4) is 17.1 Å². The molecule has 0 spiro atoms. The van der Waals surface area contributed by atoms with Gasteiger partial charge in [-0.2, -0.15) is 0 Å². The fourth-order valence-electron chi connectivity index (χ4n) is 5.55. The largest absolute Gasteiger partial charge is 0.497 e. The normalized spacial score (nSPS) is 17.9. The first-order valence-electron chi connectivity index (χ1n) is 13.2. The van der Waals surface area contributed by atoms with Crippen molar-refractivity contribution in [1.82, 2.24) is 9.55 Å². The summed E-state index contributed by atoms with van der Waals surface area (Å²) in [6, 6.07) is 18.4. The van der Waals surface area contributed by atoms with E-state index in [0.29, 0.717) is 34.8 Å². The third-order valence-electron chi connectivity index (χ3n) is 7.63. The Kier molecular flexibility index (Phi) is 6.38. The average molecular weight is 541 g/mol. The molecule has 2 unspecified atom stereocenters. The molecule has 2 aliphatic heterocycles. The number of cyclic esters (lactones) is 1. The predicted molar refractivity (Wildman–Crippen MR) is 146 cm³/mol. The first-order valence-corrected chi connectivity index (χ1v) is 13.2. The maximum absolute atomic E-state index is 13.7. The number of ether oxygens (including phenoxy) is 4. The monoisotopic (exact) mass is 540 g/mol. The Morgan fingerprint density at radius 1 is 1.10 bits per heavy atom. The molecule has 0 N–H and O–H groups in total. The van der Waals surface area contributed by atoms with Crippen LogP contribution in [-0.2, 0) is 42.6 Å². The van der Waals surface area contributed by atoms with Crippen molar-refractivity contribution in [2.24, 2.45) is 0 Å². The Morgan fingerprint density at radius 2 is 1.88 bits per heavy atom. The Balaban J connectivity index is 1.45. The van der Waals surface area contributed by atoms with Crippen molar-refractivity contribution in [3.05, 3.63) is 93.3 Å². The maximum atomic E-state index is 13.7. The van der Waals surface area contributed by atoms with Crippen molar-refractivity contribution >= 4 is 22.8 Å². The van der Waals surface area contributed by atoms with Gasteiger partial charge < -0.3 is 23.5 Å². The zero-order chi connectivity index (χ0) is 28.0. The van der Waals surface area contributed by atoms with Gasteiger partial charge in [0, 0.05) is 23.1 Å². The summed E-state index contributed by atoms with van der Waals surface area (Å²) in [6.07, 6.45) is -1.03. The van der Waals surface area contributed by atoms with Gasteiger partial charge in [-0.3, -0.25) is 4.79 Å². The molecule has 0 aliphatic carbocycles. The number of pyridine rings is 2. The number of nitrogens with zero attached hydrogens (tertiary/aromatic N) is 2. The van der Waals surface area contributed by atoms with Crippen LogP contribution in [0.5, 0.6) is 5.75 Å². The van der Waals surface area contributed by atoms with Crippen LogP contribution >= 0.6 is 0 Å². The van der Waals surface area contributed by atoms with Gasteiger partial charge in [-0.1, -0.05) is 37.3 Å². The molecular weight excluding hydrogens is 512 g/mol. The van der Waals surface area contributed by atoms with Crippen molar-refractivity contribution in [3.63, 3.8) is 0 Å². The van der Waals surface area contributed by atoms with Crippen LogP contribution in [0.4, 0.5) is 0 Å². The molecule has 2 aliphatic rings. The van der Waals surface area contributed by atoms with E-state index in [-0.39, 0.29) is 30.8 Å². The minimum Gasteiger partial charge on any atom is -0.497 e. The summed E-state index contributed by atoms with van der Waals surface area (Å²) in [7, 11) is 1.55. The van der Waals surface area contributed by atoms with E-state index < -0.39 is 23.6 Å². The highest BCUT2D eigenvalue weighted by atomic mass is 16.6. The first kappa shape index (κ1) is 25.8. The highest BCUT2D eigenvalue weighted by Crippen LogP contribution is 2.42. The quantitative estimate of drug-likeness (QED) is 0.280. The Labute approximate surface area is 230 Å². The number of fused-ring (bicyclic) bond motifs is 5. The lowest BCUT2D eigenvalue weighted by Crippen LogP contribution is -2.48. The lowest BCUT2D eigenvalue weighted by atomic mass is 9.85. The van der Waals surface area contributed by atoms with E-state index in [1.165, 1.54) is 0 Å². The maximum Gasteiger partial charge on any atom is 0.355 e. The molecule has 2 aromatic heterocycles. The molecule has 40 heavy (non-hydrogen) atoms. The van der Waals surface area contributed by atoms with E-state index in [4.69, 9.17) is 23.9 Å². The second-order valence-corrected chi connectivity index (χ2v) is 9.79. The molecule has 204 valence electrons. The fraction of sp³-hybridized carbons (Fsp3) is 0.290. The molecule has 0 radical (unpaired) electrons. The number of methoxy groups -OCH3 is 1. The standard InChI is InChI=1S/C31H28N2O7/c1-4-31(40-29(35)27(38-5-2)18-10-12-21(37-3)13-11-18)23-15-25-26-20(14-19-8-6-7-9-24(19)32-26)16-33(25)28(34)22(23)17-39-30(31)36/h6-15,27H,4-5,16-17H2,1-3H3. The van der Waals surface area contributed by atoms with Gasteiger partial charge in [0.2, 0.25) is 5.60 Å². The summed E-state index contributed by atoms with van der Waals surface area (Å²) in [5.74, 6) is -0.864. The Bertz CT molecular complexity index is 1710. The minimum atomic E-state index is -1.82. The summed E-state index contributed by atoms with van der Waals surface area (Å²) in [4.78, 5) is 45.6. The number of carbonyl (C=O) groups is 2. The zero-order valence-corrected chi connectivity index (χ0v) is 22.4. The lowest BCUT2D eigenvalue weighted by Gasteiger charge is -2.36. The summed E-state index contributed by atoms with van der Waals surface area (Å²) in [5, 5.41) is 0.975. The second-order valence-electron chi connectivity index (χ2n) is 9.79. The number of hydrogen-bond donors (Lipinski definition) is 0. The van der Waals surface area contributed by atoms with Gasteiger partial charge in [0.25, 0.3) is 5.56 Å². The molecule has 6 rings (SSSR count). The predicted octanol–water partition coefficient (Wildman–Crippen LogP) is 4.42. The van der Waals surface area contributed by atoms with Crippen LogP contribution in [0.2, 0.25) is 0 Å². The molecule has 0 bridgehead atoms. The van der Waals surface area contributed by atoms with Crippen molar-refractivity contribution < 1.29 is 28.5 Å². The summed E-state index contributed by atoms with van der Waals surface area (Å²) in [5.41, 5.74) is 1.97. The highest BCUT2D eigenvalue weighted by molar-refractivity contribution is 5.89. The molecule has 0 saturated carbocycles. The molecular formula is C31H28N2O7. The van der Waals surface area contributed by atoms with Crippen LogP contribution in [0.15, 0.2) is 65.5 Å². The number of rotatable bonds is 7. The average Bonchev–Trinajstić information content (AvgIpc) is 3.34. The molecule has 4 heterocycles. The second kappa shape index (κ2) is 9.91. The van der Waals surface area contributed by atoms with E-state index in [9.17, 15) is 14.4 Å². The van der Waals surface area contributed by atoms with Crippen molar-refractivity contribution in [2.75, 3.05) is 13.7 Å². The van der Waals surface area contributed by atoms with Crippen LogP contribution in [-0.4, -0.2) is 35.2 Å². The molecule has 4 aromatic rings. The molecule has 9 nitrogen and oxygen atoms in total. The van der Waals surface area contributed by atoms with Crippen LogP contribution < -0.4 is 10.3 Å². The van der Waals surface area contributed by atoms with Gasteiger partial charge >= 0.3 is 11.9 Å². The summed E-state index contributed by atoms with van der Waals surface area (Å²) >= 11 is 0. The fourth-order valence-corrected chi connectivity index (χ4v) is 5.55. The zero-order valence-electron chi connectivity index (χ0n) is 22.4. The Hall–Kier alpha value is -4.50. The van der Waals surface area contributed by atoms with E-state index >= 15 is 0 Å². The Morgan fingerprint density at radius 3 is 2.60 bits per heavy atom. The van der Waals surface area contributed by atoms with Gasteiger partial charge in [0.05, 0.1) is 36.1 Å². The molecule has 2 aromatic carbocycles. The molecule has 0 amide bonds. The van der Waals surface area contributed by atoms with Gasteiger partial charge in [-0.15, -0.1) is 0 Å². The minimum absolute atomic E-state index is 0.0624. The topological polar surface area (TPSA) is 106 Å². The van der Waals surface area contributed by atoms with E-state index in [1.807, 2.05) is 30.3 Å². The van der Waals surface area contributed by atoms with Crippen molar-refractivity contribution in [2.45, 2.75) is 45.1 Å². The summed E-state index contributed by atoms with van der Waals surface area (Å²) < 4.78 is 24.1. The van der Waals surface area contributed by atoms with Crippen LogP contribution in [0.1, 0.15) is 48.6 Å². The summed E-state index contributed by atoms with van der Waals surface area (Å²) in [6.45, 7) is 3.87. The third-order valence-corrected chi connectivity index (χ3v) is 7.63. The molecule has 9 heteroatoms. The van der Waals surface area contributed by atoms with Gasteiger partial charge in [0.1, 0.15) is 12.4 Å². The van der Waals surface area contributed by atoms with Crippen LogP contribution in [0, 0.1) is 0 Å².